The van der Waals surface area contributed by atoms with Gasteiger partial charge in [-0.3, -0.25) is 9.59 Å². The van der Waals surface area contributed by atoms with Crippen molar-refractivity contribution in [2.75, 3.05) is 46.4 Å². The van der Waals surface area contributed by atoms with E-state index in [1.807, 2.05) is 36.1 Å². The van der Waals surface area contributed by atoms with Gasteiger partial charge in [-0.25, -0.2) is 4.99 Å². The molecular weight excluding hydrogens is 497 g/mol. The Morgan fingerprint density at radius 2 is 1.80 bits per heavy atom. The van der Waals surface area contributed by atoms with E-state index in [9.17, 15) is 9.59 Å². The predicted octanol–water partition coefficient (Wildman–Crippen LogP) is 1.45. The molecule has 8 nitrogen and oxygen atoms in total. The molecule has 9 heteroatoms. The van der Waals surface area contributed by atoms with Gasteiger partial charge in [-0.1, -0.05) is 12.1 Å². The molecule has 2 fully saturated rings. The average Bonchev–Trinajstić information content (AvgIpc) is 3.31. The highest BCUT2D eigenvalue weighted by atomic mass is 127. The van der Waals surface area contributed by atoms with Crippen molar-refractivity contribution in [3.63, 3.8) is 0 Å². The highest BCUT2D eigenvalue weighted by Gasteiger charge is 2.30. The molecule has 2 N–H and O–H groups in total. The van der Waals surface area contributed by atoms with E-state index in [1.165, 1.54) is 0 Å². The van der Waals surface area contributed by atoms with Crippen molar-refractivity contribution in [2.24, 2.45) is 4.99 Å². The number of nitrogens with one attached hydrogen (secondary N) is 2. The number of hydrogen-bond donors (Lipinski definition) is 2. The molecule has 2 amide bonds. The SMILES string of the molecule is CCNC(=NCc1ccc(C(=O)NC)cc1)N1CCN(C(=O)C2CCCO2)CC1.I. The number of carbonyl (C=O) groups excluding carboxylic acids is 2. The first-order chi connectivity index (χ1) is 14.1. The fourth-order valence-corrected chi connectivity index (χ4v) is 3.61. The highest BCUT2D eigenvalue weighted by molar-refractivity contribution is 14.0. The first-order valence-electron chi connectivity index (χ1n) is 10.4. The first kappa shape index (κ1) is 24.4. The molecule has 0 saturated carbocycles. The number of amides is 2. The maximum atomic E-state index is 12.5. The molecule has 166 valence electrons. The lowest BCUT2D eigenvalue weighted by molar-refractivity contribution is -0.142. The van der Waals surface area contributed by atoms with Crippen LogP contribution in [-0.4, -0.2) is 80.1 Å². The Morgan fingerprint density at radius 3 is 2.37 bits per heavy atom. The molecule has 2 aliphatic rings. The van der Waals surface area contributed by atoms with Gasteiger partial charge in [0.15, 0.2) is 5.96 Å². The average molecular weight is 529 g/mol. The number of piperazine rings is 1. The van der Waals surface area contributed by atoms with E-state index in [0.29, 0.717) is 31.8 Å². The van der Waals surface area contributed by atoms with Gasteiger partial charge in [0.1, 0.15) is 6.10 Å². The summed E-state index contributed by atoms with van der Waals surface area (Å²) in [7, 11) is 1.62. The Hall–Kier alpha value is -1.88. The van der Waals surface area contributed by atoms with E-state index < -0.39 is 0 Å². The Labute approximate surface area is 195 Å². The minimum Gasteiger partial charge on any atom is -0.368 e. The molecule has 2 saturated heterocycles. The molecule has 1 atom stereocenters. The number of ether oxygens (including phenoxy) is 1. The summed E-state index contributed by atoms with van der Waals surface area (Å²) in [5, 5.41) is 5.97. The van der Waals surface area contributed by atoms with Crippen molar-refractivity contribution >= 4 is 41.8 Å². The summed E-state index contributed by atoms with van der Waals surface area (Å²) in [5.74, 6) is 0.885. The summed E-state index contributed by atoms with van der Waals surface area (Å²) < 4.78 is 5.53. The van der Waals surface area contributed by atoms with Gasteiger partial charge in [0.05, 0.1) is 6.54 Å². The topological polar surface area (TPSA) is 86.3 Å². The fourth-order valence-electron chi connectivity index (χ4n) is 3.61. The van der Waals surface area contributed by atoms with Crippen LogP contribution in [0.1, 0.15) is 35.7 Å². The molecule has 0 radical (unpaired) electrons. The van der Waals surface area contributed by atoms with Crippen molar-refractivity contribution < 1.29 is 14.3 Å². The van der Waals surface area contributed by atoms with Crippen molar-refractivity contribution in [3.8, 4) is 0 Å². The van der Waals surface area contributed by atoms with Crippen LogP contribution in [0.25, 0.3) is 0 Å². The number of aliphatic imine (C=N–C) groups is 1. The molecule has 2 aliphatic heterocycles. The number of halogens is 1. The number of rotatable bonds is 5. The van der Waals surface area contributed by atoms with Crippen LogP contribution >= 0.6 is 24.0 Å². The third-order valence-corrected chi connectivity index (χ3v) is 5.29. The second-order valence-electron chi connectivity index (χ2n) is 7.26. The molecule has 0 bridgehead atoms. The van der Waals surface area contributed by atoms with Gasteiger partial charge in [-0.05, 0) is 37.5 Å². The minimum absolute atomic E-state index is 0. The Balaban J connectivity index is 0.00000320. The van der Waals surface area contributed by atoms with Crippen molar-refractivity contribution in [1.82, 2.24) is 20.4 Å². The van der Waals surface area contributed by atoms with Crippen molar-refractivity contribution in [1.29, 1.82) is 0 Å². The van der Waals surface area contributed by atoms with Gasteiger partial charge in [-0.15, -0.1) is 24.0 Å². The quantitative estimate of drug-likeness (QED) is 0.343. The van der Waals surface area contributed by atoms with Gasteiger partial charge in [-0.2, -0.15) is 0 Å². The van der Waals surface area contributed by atoms with E-state index in [-0.39, 0.29) is 41.9 Å². The number of guanidine groups is 1. The normalized spacial score (nSPS) is 19.3. The molecule has 0 spiro atoms. The number of carbonyl (C=O) groups is 2. The number of benzene rings is 1. The van der Waals surface area contributed by atoms with Crippen molar-refractivity contribution in [2.45, 2.75) is 32.4 Å². The second-order valence-corrected chi connectivity index (χ2v) is 7.26. The van der Waals surface area contributed by atoms with E-state index in [4.69, 9.17) is 9.73 Å². The summed E-state index contributed by atoms with van der Waals surface area (Å²) in [5.41, 5.74) is 1.68. The molecule has 0 aromatic heterocycles. The summed E-state index contributed by atoms with van der Waals surface area (Å²) in [6.07, 6.45) is 1.56. The van der Waals surface area contributed by atoms with Gasteiger partial charge in [0.25, 0.3) is 11.8 Å². The Morgan fingerprint density at radius 1 is 1.13 bits per heavy atom. The van der Waals surface area contributed by atoms with E-state index in [1.54, 1.807) is 7.05 Å². The first-order valence-corrected chi connectivity index (χ1v) is 10.4. The van der Waals surface area contributed by atoms with Gasteiger partial charge < -0.3 is 25.2 Å². The maximum absolute atomic E-state index is 12.5. The maximum Gasteiger partial charge on any atom is 0.251 e. The van der Waals surface area contributed by atoms with Crippen LogP contribution in [-0.2, 0) is 16.1 Å². The standard InChI is InChI=1S/C21H31N5O3.HI/c1-3-23-21(24-15-16-6-8-17(9-7-16)19(27)22-2)26-12-10-25(11-13-26)20(28)18-5-4-14-29-18;/h6-9,18H,3-5,10-15H2,1-2H3,(H,22,27)(H,23,24);1H. The van der Waals surface area contributed by atoms with Crippen LogP contribution in [0.15, 0.2) is 29.3 Å². The lowest BCUT2D eigenvalue weighted by Crippen LogP contribution is -2.55. The molecule has 1 aromatic rings. The molecule has 2 heterocycles. The summed E-state index contributed by atoms with van der Waals surface area (Å²) >= 11 is 0. The van der Waals surface area contributed by atoms with Crippen LogP contribution < -0.4 is 10.6 Å². The third kappa shape index (κ3) is 6.31. The lowest BCUT2D eigenvalue weighted by Gasteiger charge is -2.37. The summed E-state index contributed by atoms with van der Waals surface area (Å²) in [4.78, 5) is 33.0. The van der Waals surface area contributed by atoms with E-state index in [0.717, 1.165) is 44.0 Å². The van der Waals surface area contributed by atoms with E-state index in [2.05, 4.69) is 15.5 Å². The monoisotopic (exact) mass is 529 g/mol. The second kappa shape index (κ2) is 12.1. The summed E-state index contributed by atoms with van der Waals surface area (Å²) in [6.45, 7) is 6.92. The number of hydrogen-bond acceptors (Lipinski definition) is 4. The smallest absolute Gasteiger partial charge is 0.251 e. The molecular formula is C21H32IN5O3. The molecule has 1 unspecified atom stereocenters. The van der Waals surface area contributed by atoms with Crippen LogP contribution in [0.3, 0.4) is 0 Å². The molecule has 30 heavy (non-hydrogen) atoms. The zero-order chi connectivity index (χ0) is 20.6. The zero-order valence-electron chi connectivity index (χ0n) is 17.7. The Bertz CT molecular complexity index is 727. The third-order valence-electron chi connectivity index (χ3n) is 5.29. The van der Waals surface area contributed by atoms with Crippen LogP contribution in [0.4, 0.5) is 0 Å². The molecule has 1 aromatic carbocycles. The van der Waals surface area contributed by atoms with Crippen molar-refractivity contribution in [3.05, 3.63) is 35.4 Å². The van der Waals surface area contributed by atoms with Crippen LogP contribution in [0, 0.1) is 0 Å². The highest BCUT2D eigenvalue weighted by Crippen LogP contribution is 2.16. The fraction of sp³-hybridized carbons (Fsp3) is 0.571. The predicted molar refractivity (Wildman–Crippen MR) is 127 cm³/mol. The van der Waals surface area contributed by atoms with Gasteiger partial charge >= 0.3 is 0 Å². The van der Waals surface area contributed by atoms with Crippen LogP contribution in [0.5, 0.6) is 0 Å². The largest absolute Gasteiger partial charge is 0.368 e. The zero-order valence-corrected chi connectivity index (χ0v) is 20.1. The molecule has 3 rings (SSSR count). The number of nitrogens with zero attached hydrogens (tertiary/aromatic N) is 3. The van der Waals surface area contributed by atoms with Gasteiger partial charge in [0.2, 0.25) is 0 Å². The Kier molecular flexibility index (Phi) is 9.83. The van der Waals surface area contributed by atoms with E-state index >= 15 is 0 Å². The lowest BCUT2D eigenvalue weighted by atomic mass is 10.1. The summed E-state index contributed by atoms with van der Waals surface area (Å²) in [6, 6.07) is 7.48. The van der Waals surface area contributed by atoms with Crippen LogP contribution in [0.2, 0.25) is 0 Å². The molecule has 0 aliphatic carbocycles. The minimum atomic E-state index is -0.249. The van der Waals surface area contributed by atoms with Gasteiger partial charge in [0, 0.05) is 51.9 Å².